The van der Waals surface area contributed by atoms with Crippen LogP contribution in [0.25, 0.3) is 0 Å². The predicted octanol–water partition coefficient (Wildman–Crippen LogP) is 3.04. The van der Waals surface area contributed by atoms with E-state index in [1.807, 2.05) is 0 Å². The van der Waals surface area contributed by atoms with Crippen LogP contribution >= 0.6 is 0 Å². The van der Waals surface area contributed by atoms with Crippen LogP contribution in [0, 0.1) is 12.8 Å². The van der Waals surface area contributed by atoms with Gasteiger partial charge >= 0.3 is 0 Å². The Labute approximate surface area is 117 Å². The van der Waals surface area contributed by atoms with Crippen molar-refractivity contribution in [2.24, 2.45) is 11.7 Å². The highest BCUT2D eigenvalue weighted by atomic mass is 15.2. The number of nitrogens with zero attached hydrogens (tertiary/aromatic N) is 1. The SMILES string of the molecule is Cc1ccc2c(c1)C(N1CCC(CCN)CC1)CC2. The summed E-state index contributed by atoms with van der Waals surface area (Å²) in [7, 11) is 0. The summed E-state index contributed by atoms with van der Waals surface area (Å²) in [6.45, 7) is 5.60. The number of fused-ring (bicyclic) bond motifs is 1. The summed E-state index contributed by atoms with van der Waals surface area (Å²) in [6.07, 6.45) is 6.49. The lowest BCUT2D eigenvalue weighted by Gasteiger charge is -2.36. The minimum atomic E-state index is 0.689. The molecule has 104 valence electrons. The fourth-order valence-corrected chi connectivity index (χ4v) is 3.87. The number of hydrogen-bond donors (Lipinski definition) is 1. The third-order valence-corrected chi connectivity index (χ3v) is 5.01. The average Bonchev–Trinajstić information content (AvgIpc) is 2.83. The van der Waals surface area contributed by atoms with Crippen molar-refractivity contribution in [1.82, 2.24) is 4.90 Å². The number of likely N-dealkylation sites (tertiary alicyclic amines) is 1. The Morgan fingerprint density at radius 1 is 1.21 bits per heavy atom. The average molecular weight is 258 g/mol. The molecule has 2 aliphatic rings. The lowest BCUT2D eigenvalue weighted by atomic mass is 9.92. The molecule has 0 aromatic heterocycles. The van der Waals surface area contributed by atoms with E-state index in [0.717, 1.165) is 12.5 Å². The molecule has 0 bridgehead atoms. The zero-order chi connectivity index (χ0) is 13.2. The molecular weight excluding hydrogens is 232 g/mol. The molecule has 0 saturated carbocycles. The summed E-state index contributed by atoms with van der Waals surface area (Å²) in [5.41, 5.74) is 10.3. The maximum Gasteiger partial charge on any atom is 0.0354 e. The summed E-state index contributed by atoms with van der Waals surface area (Å²) in [5.74, 6) is 0.875. The maximum absolute atomic E-state index is 5.68. The lowest BCUT2D eigenvalue weighted by Crippen LogP contribution is -2.36. The third-order valence-electron chi connectivity index (χ3n) is 5.01. The van der Waals surface area contributed by atoms with Crippen LogP contribution in [0.1, 0.15) is 48.4 Å². The highest BCUT2D eigenvalue weighted by Gasteiger charge is 2.30. The summed E-state index contributed by atoms with van der Waals surface area (Å²) in [5, 5.41) is 0. The van der Waals surface area contributed by atoms with E-state index in [1.54, 1.807) is 11.1 Å². The van der Waals surface area contributed by atoms with Gasteiger partial charge in [-0.15, -0.1) is 0 Å². The monoisotopic (exact) mass is 258 g/mol. The van der Waals surface area contributed by atoms with Gasteiger partial charge in [-0.3, -0.25) is 4.90 Å². The maximum atomic E-state index is 5.68. The Morgan fingerprint density at radius 2 is 2.00 bits per heavy atom. The Balaban J connectivity index is 1.68. The van der Waals surface area contributed by atoms with Gasteiger partial charge in [-0.25, -0.2) is 0 Å². The zero-order valence-electron chi connectivity index (χ0n) is 12.1. The van der Waals surface area contributed by atoms with Crippen LogP contribution in [0.2, 0.25) is 0 Å². The van der Waals surface area contributed by atoms with Crippen LogP contribution in [0.15, 0.2) is 18.2 Å². The fourth-order valence-electron chi connectivity index (χ4n) is 3.87. The summed E-state index contributed by atoms with van der Waals surface area (Å²) >= 11 is 0. The largest absolute Gasteiger partial charge is 0.330 e. The molecule has 1 aromatic rings. The molecule has 0 amide bonds. The predicted molar refractivity (Wildman–Crippen MR) is 80.2 cm³/mol. The topological polar surface area (TPSA) is 29.3 Å². The molecule has 0 spiro atoms. The Hall–Kier alpha value is -0.860. The second kappa shape index (κ2) is 5.64. The van der Waals surface area contributed by atoms with Gasteiger partial charge < -0.3 is 5.73 Å². The number of benzene rings is 1. The van der Waals surface area contributed by atoms with Crippen LogP contribution in [-0.4, -0.2) is 24.5 Å². The van der Waals surface area contributed by atoms with Gasteiger partial charge in [0, 0.05) is 6.04 Å². The molecule has 1 aliphatic carbocycles. The number of rotatable bonds is 3. The van der Waals surface area contributed by atoms with Crippen molar-refractivity contribution >= 4 is 0 Å². The van der Waals surface area contributed by atoms with Crippen molar-refractivity contribution in [3.63, 3.8) is 0 Å². The number of nitrogens with two attached hydrogens (primary N) is 1. The third kappa shape index (κ3) is 2.70. The van der Waals surface area contributed by atoms with E-state index in [-0.39, 0.29) is 0 Å². The highest BCUT2D eigenvalue weighted by molar-refractivity contribution is 5.37. The van der Waals surface area contributed by atoms with Gasteiger partial charge in [-0.2, -0.15) is 0 Å². The minimum Gasteiger partial charge on any atom is -0.330 e. The molecule has 1 saturated heterocycles. The van der Waals surface area contributed by atoms with Crippen molar-refractivity contribution in [3.8, 4) is 0 Å². The summed E-state index contributed by atoms with van der Waals surface area (Å²) in [6, 6.07) is 7.70. The second-order valence-electron chi connectivity index (χ2n) is 6.31. The van der Waals surface area contributed by atoms with E-state index < -0.39 is 0 Å². The van der Waals surface area contributed by atoms with Crippen LogP contribution in [0.5, 0.6) is 0 Å². The lowest BCUT2D eigenvalue weighted by molar-refractivity contribution is 0.129. The van der Waals surface area contributed by atoms with E-state index in [4.69, 9.17) is 5.73 Å². The molecule has 1 fully saturated rings. The number of piperidine rings is 1. The first-order chi connectivity index (χ1) is 9.28. The Kier molecular flexibility index (Phi) is 3.90. The van der Waals surface area contributed by atoms with Crippen LogP contribution < -0.4 is 5.73 Å². The molecule has 2 N–H and O–H groups in total. The minimum absolute atomic E-state index is 0.689. The quantitative estimate of drug-likeness (QED) is 0.903. The van der Waals surface area contributed by atoms with Gasteiger partial charge in [-0.1, -0.05) is 23.8 Å². The normalized spacial score (nSPS) is 24.6. The van der Waals surface area contributed by atoms with E-state index in [0.29, 0.717) is 6.04 Å². The molecule has 0 radical (unpaired) electrons. The van der Waals surface area contributed by atoms with Crippen molar-refractivity contribution in [1.29, 1.82) is 0 Å². The van der Waals surface area contributed by atoms with Crippen LogP contribution in [0.3, 0.4) is 0 Å². The summed E-state index contributed by atoms with van der Waals surface area (Å²) < 4.78 is 0. The van der Waals surface area contributed by atoms with Crippen LogP contribution in [-0.2, 0) is 6.42 Å². The van der Waals surface area contributed by atoms with Crippen molar-refractivity contribution in [2.75, 3.05) is 19.6 Å². The van der Waals surface area contributed by atoms with Crippen molar-refractivity contribution < 1.29 is 0 Å². The smallest absolute Gasteiger partial charge is 0.0354 e. The van der Waals surface area contributed by atoms with E-state index in [2.05, 4.69) is 30.0 Å². The molecule has 1 unspecified atom stereocenters. The fraction of sp³-hybridized carbons (Fsp3) is 0.647. The first kappa shape index (κ1) is 13.1. The molecule has 2 heteroatoms. The second-order valence-corrected chi connectivity index (χ2v) is 6.31. The first-order valence-electron chi connectivity index (χ1n) is 7.81. The molecule has 3 rings (SSSR count). The van der Waals surface area contributed by atoms with Gasteiger partial charge in [0.2, 0.25) is 0 Å². The number of hydrogen-bond acceptors (Lipinski definition) is 2. The molecule has 1 aliphatic heterocycles. The van der Waals surface area contributed by atoms with Crippen molar-refractivity contribution in [2.45, 2.75) is 45.1 Å². The van der Waals surface area contributed by atoms with Gasteiger partial charge in [0.1, 0.15) is 0 Å². The van der Waals surface area contributed by atoms with Crippen molar-refractivity contribution in [3.05, 3.63) is 34.9 Å². The molecule has 2 nitrogen and oxygen atoms in total. The van der Waals surface area contributed by atoms with E-state index in [9.17, 15) is 0 Å². The van der Waals surface area contributed by atoms with E-state index in [1.165, 1.54) is 50.8 Å². The van der Waals surface area contributed by atoms with E-state index >= 15 is 0 Å². The zero-order valence-corrected chi connectivity index (χ0v) is 12.1. The molecule has 19 heavy (non-hydrogen) atoms. The number of aryl methyl sites for hydroxylation is 2. The van der Waals surface area contributed by atoms with Crippen LogP contribution in [0.4, 0.5) is 0 Å². The van der Waals surface area contributed by atoms with Gasteiger partial charge in [-0.05, 0) is 75.7 Å². The molecular formula is C17H26N2. The van der Waals surface area contributed by atoms with Gasteiger partial charge in [0.25, 0.3) is 0 Å². The standard InChI is InChI=1S/C17H26N2/c1-13-2-3-15-4-5-17(16(15)12-13)19-10-7-14(6-9-18)8-11-19/h2-3,12,14,17H,4-11,18H2,1H3. The first-order valence-corrected chi connectivity index (χ1v) is 7.81. The van der Waals surface area contributed by atoms with Gasteiger partial charge in [0.05, 0.1) is 0 Å². The molecule has 1 aromatic carbocycles. The highest BCUT2D eigenvalue weighted by Crippen LogP contribution is 2.38. The summed E-state index contributed by atoms with van der Waals surface area (Å²) in [4.78, 5) is 2.72. The Bertz CT molecular complexity index is 433. The Morgan fingerprint density at radius 3 is 2.74 bits per heavy atom. The molecule has 1 atom stereocenters. The van der Waals surface area contributed by atoms with Gasteiger partial charge in [0.15, 0.2) is 0 Å². The molecule has 1 heterocycles.